The molecule has 180 valence electrons. The van der Waals surface area contributed by atoms with Crippen molar-refractivity contribution in [2.24, 2.45) is 0 Å². The summed E-state index contributed by atoms with van der Waals surface area (Å²) in [6, 6.07) is 7.48. The van der Waals surface area contributed by atoms with E-state index in [2.05, 4.69) is 20.4 Å². The van der Waals surface area contributed by atoms with Crippen LogP contribution in [-0.4, -0.2) is 44.7 Å². The average Bonchev–Trinajstić information content (AvgIpc) is 3.26. The van der Waals surface area contributed by atoms with E-state index in [1.54, 1.807) is 4.68 Å². The molecule has 0 aliphatic carbocycles. The predicted octanol–water partition coefficient (Wildman–Crippen LogP) is 2.98. The molecule has 0 fully saturated rings. The number of benzene rings is 2. The van der Waals surface area contributed by atoms with E-state index >= 15 is 0 Å². The first-order valence-electron chi connectivity index (χ1n) is 10.3. The summed E-state index contributed by atoms with van der Waals surface area (Å²) in [6.45, 7) is 2.91. The molecule has 0 saturated heterocycles. The first-order valence-corrected chi connectivity index (χ1v) is 10.3. The zero-order chi connectivity index (χ0) is 25.1. The van der Waals surface area contributed by atoms with Gasteiger partial charge in [0.25, 0.3) is 5.91 Å². The number of aryl methyl sites for hydroxylation is 2. The first kappa shape index (κ1) is 23.7. The highest BCUT2D eigenvalue weighted by Gasteiger charge is 2.17. The van der Waals surface area contributed by atoms with Crippen LogP contribution >= 0.6 is 0 Å². The van der Waals surface area contributed by atoms with Crippen molar-refractivity contribution in [1.82, 2.24) is 25.1 Å². The lowest BCUT2D eigenvalue weighted by molar-refractivity contribution is -0.125. The highest BCUT2D eigenvalue weighted by Crippen LogP contribution is 2.24. The Hall–Kier alpha value is -4.48. The SMILES string of the molecule is Cc1cc(C)cc(-n2ncc3c(OCC(=O)NCC(=O)Nc4ccc(F)c(F)c4F)ncnc32)c1. The van der Waals surface area contributed by atoms with Crippen LogP contribution in [0.5, 0.6) is 5.88 Å². The first-order chi connectivity index (χ1) is 16.7. The van der Waals surface area contributed by atoms with E-state index in [1.807, 2.05) is 37.4 Å². The van der Waals surface area contributed by atoms with E-state index < -0.39 is 48.1 Å². The molecule has 35 heavy (non-hydrogen) atoms. The molecule has 2 N–H and O–H groups in total. The molecule has 2 heterocycles. The molecule has 0 bridgehead atoms. The average molecular weight is 484 g/mol. The second kappa shape index (κ2) is 9.79. The molecule has 0 spiro atoms. The maximum atomic E-state index is 13.7. The second-order valence-electron chi connectivity index (χ2n) is 7.65. The van der Waals surface area contributed by atoms with E-state index in [4.69, 9.17) is 4.74 Å². The largest absolute Gasteiger partial charge is 0.467 e. The number of halogens is 3. The van der Waals surface area contributed by atoms with Crippen LogP contribution in [0.2, 0.25) is 0 Å². The molecule has 4 rings (SSSR count). The van der Waals surface area contributed by atoms with E-state index in [1.165, 1.54) is 12.5 Å². The third-order valence-corrected chi connectivity index (χ3v) is 4.88. The zero-order valence-corrected chi connectivity index (χ0v) is 18.6. The quantitative estimate of drug-likeness (QED) is 0.390. The van der Waals surface area contributed by atoms with Gasteiger partial charge in [-0.3, -0.25) is 9.59 Å². The van der Waals surface area contributed by atoms with Crippen LogP contribution in [0.4, 0.5) is 18.9 Å². The van der Waals surface area contributed by atoms with E-state index in [0.29, 0.717) is 17.1 Å². The van der Waals surface area contributed by atoms with Crippen molar-refractivity contribution in [1.29, 1.82) is 0 Å². The van der Waals surface area contributed by atoms with Crippen molar-refractivity contribution in [2.75, 3.05) is 18.5 Å². The third-order valence-electron chi connectivity index (χ3n) is 4.88. The molecular formula is C23H19F3N6O3. The van der Waals surface area contributed by atoms with Gasteiger partial charge in [0.2, 0.25) is 11.8 Å². The van der Waals surface area contributed by atoms with E-state index in [0.717, 1.165) is 22.9 Å². The Kier molecular flexibility index (Phi) is 6.62. The van der Waals surface area contributed by atoms with Crippen molar-refractivity contribution < 1.29 is 27.5 Å². The molecule has 2 aromatic carbocycles. The molecule has 12 heteroatoms. The van der Waals surface area contributed by atoms with Crippen LogP contribution in [0.15, 0.2) is 42.9 Å². The Morgan fingerprint density at radius 1 is 1.00 bits per heavy atom. The maximum absolute atomic E-state index is 13.7. The Morgan fingerprint density at radius 2 is 1.74 bits per heavy atom. The van der Waals surface area contributed by atoms with Gasteiger partial charge in [-0.25, -0.2) is 27.8 Å². The number of fused-ring (bicyclic) bond motifs is 1. The summed E-state index contributed by atoms with van der Waals surface area (Å²) in [5.41, 5.74) is 2.85. The maximum Gasteiger partial charge on any atom is 0.258 e. The van der Waals surface area contributed by atoms with Gasteiger partial charge in [-0.05, 0) is 49.2 Å². The number of amides is 2. The number of anilines is 1. The Labute approximate surface area is 196 Å². The monoisotopic (exact) mass is 484 g/mol. The number of hydrogen-bond acceptors (Lipinski definition) is 6. The van der Waals surface area contributed by atoms with Gasteiger partial charge in [0, 0.05) is 0 Å². The number of carbonyl (C=O) groups excluding carboxylic acids is 2. The van der Waals surface area contributed by atoms with Crippen molar-refractivity contribution in [2.45, 2.75) is 13.8 Å². The van der Waals surface area contributed by atoms with Crippen molar-refractivity contribution in [3.05, 3.63) is 71.4 Å². The van der Waals surface area contributed by atoms with Crippen molar-refractivity contribution in [3.63, 3.8) is 0 Å². The third kappa shape index (κ3) is 5.21. The van der Waals surface area contributed by atoms with Gasteiger partial charge in [-0.2, -0.15) is 5.10 Å². The van der Waals surface area contributed by atoms with E-state index in [-0.39, 0.29) is 5.88 Å². The lowest BCUT2D eigenvalue weighted by Gasteiger charge is -2.09. The number of hydrogen-bond donors (Lipinski definition) is 2. The minimum absolute atomic E-state index is 0.120. The molecule has 0 saturated carbocycles. The summed E-state index contributed by atoms with van der Waals surface area (Å²) in [6.07, 6.45) is 2.80. The van der Waals surface area contributed by atoms with Crippen LogP contribution in [0, 0.1) is 31.3 Å². The Balaban J connectivity index is 1.37. The summed E-state index contributed by atoms with van der Waals surface area (Å²) in [5.74, 6) is -6.03. The number of carbonyl (C=O) groups is 2. The van der Waals surface area contributed by atoms with Gasteiger partial charge in [-0.15, -0.1) is 0 Å². The molecule has 4 aromatic rings. The summed E-state index contributed by atoms with van der Waals surface area (Å²) < 4.78 is 47.0. The molecule has 0 aliphatic rings. The molecule has 2 aromatic heterocycles. The molecule has 0 unspecified atom stereocenters. The molecular weight excluding hydrogens is 465 g/mol. The Morgan fingerprint density at radius 3 is 2.49 bits per heavy atom. The number of rotatable bonds is 7. The molecule has 2 amide bonds. The second-order valence-corrected chi connectivity index (χ2v) is 7.65. The normalized spacial score (nSPS) is 10.9. The number of ether oxygens (including phenoxy) is 1. The smallest absolute Gasteiger partial charge is 0.258 e. The summed E-state index contributed by atoms with van der Waals surface area (Å²) in [5, 5.41) is 9.16. The predicted molar refractivity (Wildman–Crippen MR) is 120 cm³/mol. The fraction of sp³-hybridized carbons (Fsp3) is 0.174. The van der Waals surface area contributed by atoms with Crippen LogP contribution in [-0.2, 0) is 9.59 Å². The topological polar surface area (TPSA) is 111 Å². The minimum atomic E-state index is -1.71. The van der Waals surface area contributed by atoms with Gasteiger partial charge in [-0.1, -0.05) is 6.07 Å². The van der Waals surface area contributed by atoms with Gasteiger partial charge in [0.1, 0.15) is 11.7 Å². The fourth-order valence-corrected chi connectivity index (χ4v) is 3.38. The van der Waals surface area contributed by atoms with Crippen LogP contribution in [0.3, 0.4) is 0 Å². The van der Waals surface area contributed by atoms with Gasteiger partial charge < -0.3 is 15.4 Å². The van der Waals surface area contributed by atoms with Crippen molar-refractivity contribution in [3.8, 4) is 11.6 Å². The van der Waals surface area contributed by atoms with Gasteiger partial charge >= 0.3 is 0 Å². The van der Waals surface area contributed by atoms with Gasteiger partial charge in [0.05, 0.1) is 24.1 Å². The molecule has 9 nitrogen and oxygen atoms in total. The lowest BCUT2D eigenvalue weighted by atomic mass is 10.1. The fourth-order valence-electron chi connectivity index (χ4n) is 3.38. The number of aromatic nitrogens is 4. The highest BCUT2D eigenvalue weighted by molar-refractivity contribution is 5.94. The standard InChI is InChI=1S/C23H19F3N6O3/c1-12-5-13(2)7-14(6-12)32-22-15(8-30-32)23(29-11-28-22)35-10-19(34)27-9-18(33)31-17-4-3-16(24)20(25)21(17)26/h3-8,11H,9-10H2,1-2H3,(H,27,34)(H,31,33). The molecule has 0 radical (unpaired) electrons. The van der Waals surface area contributed by atoms with Crippen molar-refractivity contribution >= 4 is 28.5 Å². The lowest BCUT2D eigenvalue weighted by Crippen LogP contribution is -2.36. The number of nitrogens with zero attached hydrogens (tertiary/aromatic N) is 4. The summed E-state index contributed by atoms with van der Waals surface area (Å²) in [7, 11) is 0. The van der Waals surface area contributed by atoms with Crippen LogP contribution < -0.4 is 15.4 Å². The molecule has 0 atom stereocenters. The van der Waals surface area contributed by atoms with Crippen LogP contribution in [0.1, 0.15) is 11.1 Å². The highest BCUT2D eigenvalue weighted by atomic mass is 19.2. The van der Waals surface area contributed by atoms with Gasteiger partial charge in [0.15, 0.2) is 29.7 Å². The minimum Gasteiger partial charge on any atom is -0.467 e. The zero-order valence-electron chi connectivity index (χ0n) is 18.6. The molecule has 0 aliphatic heterocycles. The summed E-state index contributed by atoms with van der Waals surface area (Å²) >= 11 is 0. The number of nitrogens with one attached hydrogen (secondary N) is 2. The Bertz CT molecular complexity index is 1420. The van der Waals surface area contributed by atoms with E-state index in [9.17, 15) is 22.8 Å². The van der Waals surface area contributed by atoms with Crippen LogP contribution in [0.25, 0.3) is 16.7 Å². The summed E-state index contributed by atoms with van der Waals surface area (Å²) in [4.78, 5) is 32.3.